The second-order valence-electron chi connectivity index (χ2n) is 6.68. The molecule has 0 spiro atoms. The molecule has 0 radical (unpaired) electrons. The van der Waals surface area contributed by atoms with Gasteiger partial charge in [0.15, 0.2) is 0 Å². The second-order valence-corrected chi connectivity index (χ2v) is 6.68. The largest absolute Gasteiger partial charge is 0.480 e. The van der Waals surface area contributed by atoms with Gasteiger partial charge in [0.2, 0.25) is 0 Å². The second kappa shape index (κ2) is 6.64. The van der Waals surface area contributed by atoms with E-state index in [1.807, 2.05) is 0 Å². The number of rotatable bonds is 4. The third-order valence-electron chi connectivity index (χ3n) is 3.79. The summed E-state index contributed by atoms with van der Waals surface area (Å²) < 4.78 is 5.38. The Labute approximate surface area is 135 Å². The van der Waals surface area contributed by atoms with Crippen molar-refractivity contribution in [3.63, 3.8) is 0 Å². The van der Waals surface area contributed by atoms with Gasteiger partial charge in [-0.05, 0) is 44.9 Å². The number of nitrogens with two attached hydrogens (primary N) is 1. The van der Waals surface area contributed by atoms with Crippen molar-refractivity contribution in [1.82, 2.24) is 9.88 Å². The first-order valence-electron chi connectivity index (χ1n) is 7.57. The number of carbonyl (C=O) groups is 2. The summed E-state index contributed by atoms with van der Waals surface area (Å²) in [6, 6.07) is 2.39. The van der Waals surface area contributed by atoms with Crippen molar-refractivity contribution in [1.29, 1.82) is 0 Å². The lowest BCUT2D eigenvalue weighted by atomic mass is 10.0. The molecule has 3 atom stereocenters. The number of nitrogens with zero attached hydrogens (tertiary/aromatic N) is 2. The molecule has 2 heterocycles. The molecule has 126 valence electrons. The number of likely N-dealkylation sites (tertiary alicyclic amines) is 1. The molecule has 23 heavy (non-hydrogen) atoms. The number of esters is 1. The number of hydrogen-bond acceptors (Lipinski definition) is 6. The summed E-state index contributed by atoms with van der Waals surface area (Å²) in [6.45, 7) is 5.80. The van der Waals surface area contributed by atoms with Crippen molar-refractivity contribution in [3.8, 4) is 0 Å². The lowest BCUT2D eigenvalue weighted by Crippen LogP contribution is -2.47. The Balaban J connectivity index is 2.18. The highest BCUT2D eigenvalue weighted by Gasteiger charge is 2.43. The summed E-state index contributed by atoms with van der Waals surface area (Å²) in [5, 5.41) is 9.58. The van der Waals surface area contributed by atoms with E-state index in [0.29, 0.717) is 18.5 Å². The average Bonchev–Trinajstić information content (AvgIpc) is 2.80. The summed E-state index contributed by atoms with van der Waals surface area (Å²) in [7, 11) is 0. The first kappa shape index (κ1) is 17.4. The summed E-state index contributed by atoms with van der Waals surface area (Å²) >= 11 is 0. The molecule has 1 saturated heterocycles. The maximum absolute atomic E-state index is 12.3. The minimum atomic E-state index is -1.00. The Hall–Kier alpha value is -1.99. The van der Waals surface area contributed by atoms with Crippen LogP contribution < -0.4 is 5.73 Å². The van der Waals surface area contributed by atoms with Gasteiger partial charge < -0.3 is 15.6 Å². The molecule has 7 nitrogen and oxygen atoms in total. The van der Waals surface area contributed by atoms with Crippen LogP contribution in [0.5, 0.6) is 0 Å². The average molecular weight is 321 g/mol. The minimum Gasteiger partial charge on any atom is -0.480 e. The van der Waals surface area contributed by atoms with Crippen molar-refractivity contribution < 1.29 is 19.4 Å². The zero-order valence-electron chi connectivity index (χ0n) is 13.6. The zero-order valence-corrected chi connectivity index (χ0v) is 13.6. The number of aliphatic carboxylic acids is 1. The monoisotopic (exact) mass is 321 g/mol. The number of pyridine rings is 1. The number of ether oxygens (including phenoxy) is 1. The van der Waals surface area contributed by atoms with Gasteiger partial charge >= 0.3 is 11.9 Å². The molecule has 0 unspecified atom stereocenters. The lowest BCUT2D eigenvalue weighted by molar-refractivity contribution is -0.161. The van der Waals surface area contributed by atoms with E-state index in [2.05, 4.69) is 4.98 Å². The molecule has 3 N–H and O–H groups in total. The molecule has 2 rings (SSSR count). The van der Waals surface area contributed by atoms with Crippen LogP contribution in [0.15, 0.2) is 24.5 Å². The standard InChI is InChI=1S/C16H23N3O4/c1-16(2,3)23-15(22)11-6-9-19(13(11)17)12(14(20)21)10-4-7-18-8-5-10/h4-5,7-8,11-13H,6,9,17H2,1-3H3,(H,20,21)/t11-,12-,13+/m1/s1. The van der Waals surface area contributed by atoms with Gasteiger partial charge in [-0.2, -0.15) is 0 Å². The summed E-state index contributed by atoms with van der Waals surface area (Å²) in [6.07, 6.45) is 2.86. The van der Waals surface area contributed by atoms with E-state index < -0.39 is 29.7 Å². The van der Waals surface area contributed by atoms with E-state index in [4.69, 9.17) is 10.5 Å². The molecule has 7 heteroatoms. The molecule has 0 amide bonds. The van der Waals surface area contributed by atoms with Crippen molar-refractivity contribution in [3.05, 3.63) is 30.1 Å². The Kier molecular flexibility index (Phi) is 5.01. The molecule has 0 saturated carbocycles. The van der Waals surface area contributed by atoms with Gasteiger partial charge in [0.1, 0.15) is 11.6 Å². The van der Waals surface area contributed by atoms with Crippen LogP contribution in [-0.2, 0) is 14.3 Å². The van der Waals surface area contributed by atoms with Crippen LogP contribution in [0.4, 0.5) is 0 Å². The number of hydrogen-bond donors (Lipinski definition) is 2. The lowest BCUT2D eigenvalue weighted by Gasteiger charge is -2.30. The minimum absolute atomic E-state index is 0.383. The fourth-order valence-corrected chi connectivity index (χ4v) is 2.80. The molecule has 1 aromatic heterocycles. The van der Waals surface area contributed by atoms with Crippen LogP contribution in [0.2, 0.25) is 0 Å². The number of carboxylic acid groups (broad SMARTS) is 1. The molecule has 0 aromatic carbocycles. The third kappa shape index (κ3) is 4.05. The van der Waals surface area contributed by atoms with Crippen LogP contribution in [0.1, 0.15) is 38.8 Å². The van der Waals surface area contributed by atoms with Gasteiger partial charge in [-0.1, -0.05) is 0 Å². The highest BCUT2D eigenvalue weighted by Crippen LogP contribution is 2.32. The highest BCUT2D eigenvalue weighted by atomic mass is 16.6. The Morgan fingerprint density at radius 1 is 1.39 bits per heavy atom. The molecule has 1 aromatic rings. The summed E-state index contributed by atoms with van der Waals surface area (Å²) in [5.74, 6) is -1.92. The molecule has 1 aliphatic heterocycles. The quantitative estimate of drug-likeness (QED) is 0.801. The molecule has 1 fully saturated rings. The van der Waals surface area contributed by atoms with E-state index in [0.717, 1.165) is 0 Å². The number of carboxylic acids is 1. The van der Waals surface area contributed by atoms with Crippen molar-refractivity contribution in [2.24, 2.45) is 11.7 Å². The highest BCUT2D eigenvalue weighted by molar-refractivity contribution is 5.77. The van der Waals surface area contributed by atoms with Crippen LogP contribution >= 0.6 is 0 Å². The van der Waals surface area contributed by atoms with Crippen molar-refractivity contribution >= 4 is 11.9 Å². The molecular weight excluding hydrogens is 298 g/mol. The number of carbonyl (C=O) groups excluding carboxylic acids is 1. The molecule has 0 bridgehead atoms. The Morgan fingerprint density at radius 2 is 2.00 bits per heavy atom. The maximum atomic E-state index is 12.3. The molecule has 0 aliphatic carbocycles. The van der Waals surface area contributed by atoms with Crippen molar-refractivity contribution in [2.75, 3.05) is 6.54 Å². The van der Waals surface area contributed by atoms with E-state index in [9.17, 15) is 14.7 Å². The summed E-state index contributed by atoms with van der Waals surface area (Å²) in [4.78, 5) is 29.5. The first-order valence-corrected chi connectivity index (χ1v) is 7.57. The first-order chi connectivity index (χ1) is 10.7. The third-order valence-corrected chi connectivity index (χ3v) is 3.79. The normalized spacial score (nSPS) is 23.5. The SMILES string of the molecule is CC(C)(C)OC(=O)[C@@H]1CCN([C@@H](C(=O)O)c2ccncc2)[C@@H]1N. The topological polar surface area (TPSA) is 106 Å². The van der Waals surface area contributed by atoms with Gasteiger partial charge in [-0.15, -0.1) is 0 Å². The predicted molar refractivity (Wildman–Crippen MR) is 83.2 cm³/mol. The Morgan fingerprint density at radius 3 is 2.52 bits per heavy atom. The van der Waals surface area contributed by atoms with Crippen LogP contribution in [0.3, 0.4) is 0 Å². The molecule has 1 aliphatic rings. The van der Waals surface area contributed by atoms with Gasteiger partial charge in [0.25, 0.3) is 0 Å². The van der Waals surface area contributed by atoms with Crippen LogP contribution in [-0.4, -0.2) is 45.2 Å². The van der Waals surface area contributed by atoms with E-state index >= 15 is 0 Å². The maximum Gasteiger partial charge on any atom is 0.325 e. The van der Waals surface area contributed by atoms with E-state index in [1.54, 1.807) is 37.8 Å². The fraction of sp³-hybridized carbons (Fsp3) is 0.562. The molecular formula is C16H23N3O4. The Bertz CT molecular complexity index is 570. The van der Waals surface area contributed by atoms with E-state index in [-0.39, 0.29) is 5.97 Å². The van der Waals surface area contributed by atoms with Gasteiger partial charge in [-0.25, -0.2) is 0 Å². The number of aromatic nitrogens is 1. The van der Waals surface area contributed by atoms with Gasteiger partial charge in [-0.3, -0.25) is 19.5 Å². The van der Waals surface area contributed by atoms with Gasteiger partial charge in [0, 0.05) is 18.9 Å². The van der Waals surface area contributed by atoms with Crippen LogP contribution in [0.25, 0.3) is 0 Å². The smallest absolute Gasteiger partial charge is 0.325 e. The predicted octanol–water partition coefficient (Wildman–Crippen LogP) is 1.16. The van der Waals surface area contributed by atoms with Gasteiger partial charge in [0.05, 0.1) is 12.1 Å². The fourth-order valence-electron chi connectivity index (χ4n) is 2.80. The summed E-state index contributed by atoms with van der Waals surface area (Å²) in [5.41, 5.74) is 6.16. The zero-order chi connectivity index (χ0) is 17.2. The van der Waals surface area contributed by atoms with E-state index in [1.165, 1.54) is 12.4 Å². The van der Waals surface area contributed by atoms with Crippen LogP contribution in [0, 0.1) is 5.92 Å². The van der Waals surface area contributed by atoms with Crippen molar-refractivity contribution in [2.45, 2.75) is 45.0 Å².